The fourth-order valence-electron chi connectivity index (χ4n) is 8.37. The fraction of sp³-hybridized carbons (Fsp3) is 0.645. The molecule has 4 aliphatic rings. The van der Waals surface area contributed by atoms with E-state index in [2.05, 4.69) is 17.2 Å². The number of aromatic nitrogens is 1. The van der Waals surface area contributed by atoms with Crippen LogP contribution in [0, 0.1) is 28.6 Å². The number of carbonyl (C=O) groups is 4. The van der Waals surface area contributed by atoms with E-state index in [0.29, 0.717) is 24.7 Å². The van der Waals surface area contributed by atoms with Crippen molar-refractivity contribution in [1.82, 2.24) is 10.3 Å². The molecule has 1 aromatic rings. The SMILES string of the molecule is C[C@]12CCC(=O)C=C1CC[C@@H]1[C@@H]2CC[C@@]2(C)[C@H]1CC[C@@]2(O)C(=O)COC(=O)CCC(=O)NCc1ccccn1. The predicted octanol–water partition coefficient (Wildman–Crippen LogP) is 3.85. The molecule has 0 bridgehead atoms. The number of allylic oxidation sites excluding steroid dienone is 1. The van der Waals surface area contributed by atoms with E-state index in [1.807, 2.05) is 19.1 Å². The molecule has 3 saturated carbocycles. The number of hydrogen-bond donors (Lipinski definition) is 2. The van der Waals surface area contributed by atoms with Crippen LogP contribution in [0.3, 0.4) is 0 Å². The number of rotatable bonds is 8. The van der Waals surface area contributed by atoms with Crippen molar-refractivity contribution in [2.24, 2.45) is 28.6 Å². The van der Waals surface area contributed by atoms with Gasteiger partial charge < -0.3 is 15.2 Å². The van der Waals surface area contributed by atoms with E-state index in [1.165, 1.54) is 5.57 Å². The number of nitrogens with one attached hydrogen (secondary N) is 1. The monoisotopic (exact) mass is 536 g/mol. The summed E-state index contributed by atoms with van der Waals surface area (Å²) in [5.74, 6) is -0.0379. The highest BCUT2D eigenvalue weighted by Crippen LogP contribution is 2.67. The summed E-state index contributed by atoms with van der Waals surface area (Å²) in [5, 5.41) is 14.5. The average Bonchev–Trinajstić information content (AvgIpc) is 3.21. The van der Waals surface area contributed by atoms with Crippen LogP contribution in [0.1, 0.15) is 83.7 Å². The largest absolute Gasteiger partial charge is 0.458 e. The van der Waals surface area contributed by atoms with Gasteiger partial charge in [0.2, 0.25) is 11.7 Å². The van der Waals surface area contributed by atoms with E-state index in [1.54, 1.807) is 18.3 Å². The van der Waals surface area contributed by atoms with E-state index in [0.717, 1.165) is 44.2 Å². The third-order valence-corrected chi connectivity index (χ3v) is 10.7. The fourth-order valence-corrected chi connectivity index (χ4v) is 8.37. The molecule has 210 valence electrons. The highest BCUT2D eigenvalue weighted by Gasteiger charge is 2.66. The first-order valence-electron chi connectivity index (χ1n) is 14.4. The molecule has 6 atom stereocenters. The van der Waals surface area contributed by atoms with Crippen molar-refractivity contribution in [3.8, 4) is 0 Å². The van der Waals surface area contributed by atoms with Gasteiger partial charge in [-0.25, -0.2) is 0 Å². The third-order valence-electron chi connectivity index (χ3n) is 10.7. The van der Waals surface area contributed by atoms with Crippen LogP contribution in [0.25, 0.3) is 0 Å². The molecule has 0 spiro atoms. The van der Waals surface area contributed by atoms with Crippen molar-refractivity contribution in [3.63, 3.8) is 0 Å². The van der Waals surface area contributed by atoms with Gasteiger partial charge in [-0.15, -0.1) is 0 Å². The van der Waals surface area contributed by atoms with E-state index in [4.69, 9.17) is 4.74 Å². The Hall–Kier alpha value is -2.87. The minimum Gasteiger partial charge on any atom is -0.458 e. The summed E-state index contributed by atoms with van der Waals surface area (Å²) in [5.41, 5.74) is -0.0429. The van der Waals surface area contributed by atoms with Gasteiger partial charge in [0.15, 0.2) is 12.4 Å². The smallest absolute Gasteiger partial charge is 0.306 e. The molecular weight excluding hydrogens is 496 g/mol. The van der Waals surface area contributed by atoms with Crippen molar-refractivity contribution < 1.29 is 29.0 Å². The minimum absolute atomic E-state index is 0.0301. The Balaban J connectivity index is 1.15. The van der Waals surface area contributed by atoms with Crippen LogP contribution in [0.4, 0.5) is 0 Å². The van der Waals surface area contributed by atoms with E-state index in [-0.39, 0.29) is 42.4 Å². The Morgan fingerprint density at radius 1 is 1.05 bits per heavy atom. The lowest BCUT2D eigenvalue weighted by atomic mass is 9.46. The summed E-state index contributed by atoms with van der Waals surface area (Å²) < 4.78 is 5.24. The van der Waals surface area contributed by atoms with Crippen molar-refractivity contribution >= 4 is 23.4 Å². The first-order valence-corrected chi connectivity index (χ1v) is 14.4. The zero-order chi connectivity index (χ0) is 27.8. The van der Waals surface area contributed by atoms with Gasteiger partial charge in [-0.3, -0.25) is 24.2 Å². The number of pyridine rings is 1. The molecule has 0 radical (unpaired) electrons. The molecule has 1 amide bonds. The van der Waals surface area contributed by atoms with Crippen LogP contribution in [-0.4, -0.2) is 45.7 Å². The number of nitrogens with zero attached hydrogens (tertiary/aromatic N) is 1. The molecule has 3 fully saturated rings. The van der Waals surface area contributed by atoms with Gasteiger partial charge in [0.1, 0.15) is 5.60 Å². The molecule has 0 saturated heterocycles. The first-order chi connectivity index (χ1) is 18.6. The number of amides is 1. The first kappa shape index (κ1) is 27.7. The molecule has 0 aliphatic heterocycles. The van der Waals surface area contributed by atoms with Crippen molar-refractivity contribution in [2.45, 2.75) is 90.2 Å². The molecule has 39 heavy (non-hydrogen) atoms. The number of Topliss-reactive ketones (excluding diaryl/α,β-unsaturated/α-hetero) is 1. The lowest BCUT2D eigenvalue weighted by molar-refractivity contribution is -0.170. The molecule has 0 aromatic carbocycles. The highest BCUT2D eigenvalue weighted by molar-refractivity contribution is 5.92. The Morgan fingerprint density at radius 2 is 1.85 bits per heavy atom. The second-order valence-corrected chi connectivity index (χ2v) is 12.5. The second-order valence-electron chi connectivity index (χ2n) is 12.5. The third kappa shape index (κ3) is 4.96. The number of ketones is 2. The lowest BCUT2D eigenvalue weighted by Crippen LogP contribution is -2.58. The topological polar surface area (TPSA) is 123 Å². The van der Waals surface area contributed by atoms with Gasteiger partial charge in [-0.2, -0.15) is 0 Å². The lowest BCUT2D eigenvalue weighted by Gasteiger charge is -2.58. The van der Waals surface area contributed by atoms with Gasteiger partial charge >= 0.3 is 5.97 Å². The summed E-state index contributed by atoms with van der Waals surface area (Å²) in [6, 6.07) is 5.42. The van der Waals surface area contributed by atoms with Gasteiger partial charge in [0.05, 0.1) is 18.7 Å². The van der Waals surface area contributed by atoms with E-state index in [9.17, 15) is 24.3 Å². The molecule has 0 unspecified atom stereocenters. The molecule has 4 aliphatic carbocycles. The quantitative estimate of drug-likeness (QED) is 0.484. The maximum atomic E-state index is 13.4. The van der Waals surface area contributed by atoms with Crippen LogP contribution in [0.2, 0.25) is 0 Å². The molecule has 8 nitrogen and oxygen atoms in total. The Morgan fingerprint density at radius 3 is 2.62 bits per heavy atom. The number of fused-ring (bicyclic) bond motifs is 5. The van der Waals surface area contributed by atoms with Crippen molar-refractivity contribution in [2.75, 3.05) is 6.61 Å². The zero-order valence-corrected chi connectivity index (χ0v) is 23.0. The summed E-state index contributed by atoms with van der Waals surface area (Å²) in [6.45, 7) is 4.16. The molecule has 2 N–H and O–H groups in total. The average molecular weight is 537 g/mol. The Kier molecular flexibility index (Phi) is 7.53. The molecule has 8 heteroatoms. The van der Waals surface area contributed by atoms with Gasteiger partial charge in [0.25, 0.3) is 0 Å². The number of hydrogen-bond acceptors (Lipinski definition) is 7. The minimum atomic E-state index is -1.53. The van der Waals surface area contributed by atoms with Gasteiger partial charge in [-0.05, 0) is 86.3 Å². The number of carbonyl (C=O) groups excluding carboxylic acids is 4. The van der Waals surface area contributed by atoms with Crippen molar-refractivity contribution in [3.05, 3.63) is 41.7 Å². The number of aliphatic hydroxyl groups is 1. The Bertz CT molecular complexity index is 1180. The number of ether oxygens (including phenoxy) is 1. The second kappa shape index (κ2) is 10.6. The molecule has 1 aromatic heterocycles. The normalized spacial score (nSPS) is 35.2. The van der Waals surface area contributed by atoms with Crippen LogP contribution >= 0.6 is 0 Å². The zero-order valence-electron chi connectivity index (χ0n) is 23.0. The number of esters is 1. The maximum absolute atomic E-state index is 13.4. The summed E-state index contributed by atoms with van der Waals surface area (Å²) in [7, 11) is 0. The van der Waals surface area contributed by atoms with E-state index < -0.39 is 29.4 Å². The predicted molar refractivity (Wildman–Crippen MR) is 143 cm³/mol. The Labute approximate surface area is 230 Å². The molecule has 5 rings (SSSR count). The van der Waals surface area contributed by atoms with Gasteiger partial charge in [0, 0.05) is 24.5 Å². The standard InChI is InChI=1S/C31H40N2O6/c1-29-13-10-22(34)17-20(29)6-7-23-24(29)11-14-30(2)25(23)12-15-31(30,38)26(35)19-39-28(37)9-8-27(36)33-18-21-5-3-4-16-32-21/h3-5,16-17,23-25,38H,6-15,18-19H2,1-2H3,(H,33,36)/t23-,24+,25+,29+,30+,31-/m1/s1. The summed E-state index contributed by atoms with van der Waals surface area (Å²) in [6.07, 6.45) is 9.55. The van der Waals surface area contributed by atoms with Gasteiger partial charge in [-0.1, -0.05) is 25.5 Å². The van der Waals surface area contributed by atoms with Crippen LogP contribution < -0.4 is 5.32 Å². The van der Waals surface area contributed by atoms with Crippen molar-refractivity contribution in [1.29, 1.82) is 0 Å². The molecule has 1 heterocycles. The molecular formula is C31H40N2O6. The maximum Gasteiger partial charge on any atom is 0.306 e. The summed E-state index contributed by atoms with van der Waals surface area (Å²) in [4.78, 5) is 54.0. The van der Waals surface area contributed by atoms with Crippen LogP contribution in [0.15, 0.2) is 36.0 Å². The van der Waals surface area contributed by atoms with Crippen LogP contribution in [0.5, 0.6) is 0 Å². The van der Waals surface area contributed by atoms with Crippen LogP contribution in [-0.2, 0) is 30.5 Å². The highest BCUT2D eigenvalue weighted by atomic mass is 16.5. The summed E-state index contributed by atoms with van der Waals surface area (Å²) >= 11 is 0. The van der Waals surface area contributed by atoms with E-state index >= 15 is 0 Å².